The van der Waals surface area contributed by atoms with Crippen LogP contribution in [0.5, 0.6) is 0 Å². The molecule has 3 aromatic rings. The van der Waals surface area contributed by atoms with E-state index in [2.05, 4.69) is 9.97 Å². The number of rotatable bonds is 3. The molecule has 96 valence electrons. The predicted molar refractivity (Wildman–Crippen MR) is 74.7 cm³/mol. The summed E-state index contributed by atoms with van der Waals surface area (Å²) in [5.41, 5.74) is 8.30. The van der Waals surface area contributed by atoms with Gasteiger partial charge in [0.15, 0.2) is 11.6 Å². The number of aromatic nitrogens is 2. The van der Waals surface area contributed by atoms with E-state index >= 15 is 0 Å². The van der Waals surface area contributed by atoms with Crippen LogP contribution in [-0.4, -0.2) is 16.5 Å². The molecular formula is C15H15N3O. The molecule has 2 heterocycles. The molecule has 0 atom stereocenters. The third-order valence-electron chi connectivity index (χ3n) is 2.95. The molecule has 0 fully saturated rings. The fourth-order valence-electron chi connectivity index (χ4n) is 2.11. The summed E-state index contributed by atoms with van der Waals surface area (Å²) in [7, 11) is 0. The Morgan fingerprint density at radius 1 is 1.16 bits per heavy atom. The number of benzene rings is 1. The summed E-state index contributed by atoms with van der Waals surface area (Å²) in [6.45, 7) is 2.53. The minimum absolute atomic E-state index is 0.579. The third-order valence-corrected chi connectivity index (χ3v) is 2.95. The molecule has 2 N–H and O–H groups in total. The SMILES string of the molecule is Cc1cc(CCN)nc(-c2cc3ccccc3o2)n1. The Kier molecular flexibility index (Phi) is 3.01. The summed E-state index contributed by atoms with van der Waals surface area (Å²) < 4.78 is 5.79. The smallest absolute Gasteiger partial charge is 0.196 e. The average Bonchev–Trinajstić information content (AvgIpc) is 2.82. The molecule has 0 unspecified atom stereocenters. The molecule has 0 saturated heterocycles. The number of aryl methyl sites for hydroxylation is 1. The fourth-order valence-corrected chi connectivity index (χ4v) is 2.11. The molecule has 0 saturated carbocycles. The molecule has 0 aliphatic heterocycles. The van der Waals surface area contributed by atoms with E-state index in [9.17, 15) is 0 Å². The van der Waals surface area contributed by atoms with Gasteiger partial charge in [-0.15, -0.1) is 0 Å². The molecule has 0 bridgehead atoms. The molecule has 19 heavy (non-hydrogen) atoms. The molecule has 0 aliphatic rings. The van der Waals surface area contributed by atoms with Crippen molar-refractivity contribution < 1.29 is 4.42 Å². The molecule has 0 spiro atoms. The molecule has 4 heteroatoms. The van der Waals surface area contributed by atoms with Gasteiger partial charge in [0.2, 0.25) is 0 Å². The number of fused-ring (bicyclic) bond motifs is 1. The first-order valence-corrected chi connectivity index (χ1v) is 6.30. The van der Waals surface area contributed by atoms with Crippen molar-refractivity contribution in [3.63, 3.8) is 0 Å². The van der Waals surface area contributed by atoms with E-state index in [4.69, 9.17) is 10.2 Å². The van der Waals surface area contributed by atoms with Gasteiger partial charge in [-0.3, -0.25) is 0 Å². The van der Waals surface area contributed by atoms with Gasteiger partial charge in [0, 0.05) is 23.2 Å². The van der Waals surface area contributed by atoms with Crippen LogP contribution in [0, 0.1) is 6.92 Å². The van der Waals surface area contributed by atoms with Crippen molar-refractivity contribution >= 4 is 11.0 Å². The first-order chi connectivity index (χ1) is 9.26. The summed E-state index contributed by atoms with van der Waals surface area (Å²) >= 11 is 0. The van der Waals surface area contributed by atoms with E-state index in [0.717, 1.165) is 28.8 Å². The zero-order valence-corrected chi connectivity index (χ0v) is 10.8. The van der Waals surface area contributed by atoms with Crippen LogP contribution < -0.4 is 5.73 Å². The molecule has 1 aromatic carbocycles. The average molecular weight is 253 g/mol. The highest BCUT2D eigenvalue weighted by atomic mass is 16.3. The highest BCUT2D eigenvalue weighted by molar-refractivity contribution is 5.81. The quantitative estimate of drug-likeness (QED) is 0.779. The number of nitrogens with two attached hydrogens (primary N) is 1. The first-order valence-electron chi connectivity index (χ1n) is 6.30. The summed E-state index contributed by atoms with van der Waals surface area (Å²) in [5, 5.41) is 1.06. The van der Waals surface area contributed by atoms with Crippen molar-refractivity contribution in [3.8, 4) is 11.6 Å². The van der Waals surface area contributed by atoms with Gasteiger partial charge in [-0.1, -0.05) is 18.2 Å². The van der Waals surface area contributed by atoms with Gasteiger partial charge in [-0.05, 0) is 31.7 Å². The zero-order chi connectivity index (χ0) is 13.2. The third kappa shape index (κ3) is 2.35. The number of hydrogen-bond acceptors (Lipinski definition) is 4. The Bertz CT molecular complexity index is 685. The van der Waals surface area contributed by atoms with Gasteiger partial charge < -0.3 is 10.2 Å². The maximum absolute atomic E-state index is 5.79. The number of furan rings is 1. The van der Waals surface area contributed by atoms with Gasteiger partial charge in [0.05, 0.1) is 0 Å². The van der Waals surface area contributed by atoms with E-state index in [-0.39, 0.29) is 0 Å². The van der Waals surface area contributed by atoms with Crippen LogP contribution in [0.15, 0.2) is 40.8 Å². The van der Waals surface area contributed by atoms with Crippen LogP contribution in [0.3, 0.4) is 0 Å². The van der Waals surface area contributed by atoms with Crippen molar-refractivity contribution in [2.45, 2.75) is 13.3 Å². The van der Waals surface area contributed by atoms with E-state index in [1.807, 2.05) is 43.3 Å². The Hall–Kier alpha value is -2.20. The van der Waals surface area contributed by atoms with Crippen LogP contribution in [0.4, 0.5) is 0 Å². The monoisotopic (exact) mass is 253 g/mol. The number of hydrogen-bond donors (Lipinski definition) is 1. The summed E-state index contributed by atoms with van der Waals surface area (Å²) in [5.74, 6) is 1.32. The van der Waals surface area contributed by atoms with Crippen molar-refractivity contribution in [2.75, 3.05) is 6.54 Å². The number of para-hydroxylation sites is 1. The van der Waals surface area contributed by atoms with Crippen LogP contribution in [-0.2, 0) is 6.42 Å². The lowest BCUT2D eigenvalue weighted by atomic mass is 10.2. The second-order valence-electron chi connectivity index (χ2n) is 4.51. The molecule has 0 aliphatic carbocycles. The van der Waals surface area contributed by atoms with Gasteiger partial charge in [0.1, 0.15) is 5.58 Å². The zero-order valence-electron chi connectivity index (χ0n) is 10.8. The summed E-state index contributed by atoms with van der Waals surface area (Å²) in [6.07, 6.45) is 0.747. The lowest BCUT2D eigenvalue weighted by molar-refractivity contribution is 0.624. The Morgan fingerprint density at radius 3 is 2.79 bits per heavy atom. The van der Waals surface area contributed by atoms with E-state index in [0.29, 0.717) is 18.1 Å². The van der Waals surface area contributed by atoms with Crippen molar-refractivity contribution in [1.29, 1.82) is 0 Å². The van der Waals surface area contributed by atoms with E-state index in [1.54, 1.807) is 0 Å². The summed E-state index contributed by atoms with van der Waals surface area (Å²) in [6, 6.07) is 11.8. The van der Waals surface area contributed by atoms with Crippen LogP contribution in [0.2, 0.25) is 0 Å². The lowest BCUT2D eigenvalue weighted by Crippen LogP contribution is -2.06. The standard InChI is InChI=1S/C15H15N3O/c1-10-8-12(6-7-16)18-15(17-10)14-9-11-4-2-3-5-13(11)19-14/h2-5,8-9H,6-7,16H2,1H3. The molecular weight excluding hydrogens is 238 g/mol. The van der Waals surface area contributed by atoms with Gasteiger partial charge >= 0.3 is 0 Å². The van der Waals surface area contributed by atoms with E-state index < -0.39 is 0 Å². The highest BCUT2D eigenvalue weighted by Crippen LogP contribution is 2.25. The van der Waals surface area contributed by atoms with Gasteiger partial charge in [-0.25, -0.2) is 9.97 Å². The normalized spacial score (nSPS) is 11.1. The highest BCUT2D eigenvalue weighted by Gasteiger charge is 2.10. The largest absolute Gasteiger partial charge is 0.453 e. The van der Waals surface area contributed by atoms with Gasteiger partial charge in [-0.2, -0.15) is 0 Å². The molecule has 3 rings (SSSR count). The van der Waals surface area contributed by atoms with Crippen molar-refractivity contribution in [3.05, 3.63) is 47.8 Å². The lowest BCUT2D eigenvalue weighted by Gasteiger charge is -2.02. The predicted octanol–water partition coefficient (Wildman–Crippen LogP) is 2.70. The Morgan fingerprint density at radius 2 is 2.00 bits per heavy atom. The molecule has 4 nitrogen and oxygen atoms in total. The second kappa shape index (κ2) is 4.82. The topological polar surface area (TPSA) is 64.9 Å². The Labute approximate surface area is 111 Å². The van der Waals surface area contributed by atoms with Crippen molar-refractivity contribution in [1.82, 2.24) is 9.97 Å². The molecule has 0 radical (unpaired) electrons. The Balaban J connectivity index is 2.09. The first kappa shape index (κ1) is 11.9. The second-order valence-corrected chi connectivity index (χ2v) is 4.51. The van der Waals surface area contributed by atoms with Gasteiger partial charge in [0.25, 0.3) is 0 Å². The maximum Gasteiger partial charge on any atom is 0.196 e. The number of nitrogens with zero attached hydrogens (tertiary/aromatic N) is 2. The van der Waals surface area contributed by atoms with E-state index in [1.165, 1.54) is 0 Å². The van der Waals surface area contributed by atoms with Crippen LogP contribution in [0.25, 0.3) is 22.6 Å². The van der Waals surface area contributed by atoms with Crippen LogP contribution in [0.1, 0.15) is 11.4 Å². The molecule has 2 aromatic heterocycles. The fraction of sp³-hybridized carbons (Fsp3) is 0.200. The minimum Gasteiger partial charge on any atom is -0.453 e. The molecule has 0 amide bonds. The minimum atomic E-state index is 0.579. The van der Waals surface area contributed by atoms with Crippen LogP contribution >= 0.6 is 0 Å². The van der Waals surface area contributed by atoms with Crippen molar-refractivity contribution in [2.24, 2.45) is 5.73 Å². The maximum atomic E-state index is 5.79. The summed E-state index contributed by atoms with van der Waals surface area (Å²) in [4.78, 5) is 8.94.